The Kier molecular flexibility index (Phi) is 6.94. The fraction of sp³-hybridized carbons (Fsp3) is 0.947. The second-order valence-corrected chi connectivity index (χ2v) is 8.90. The minimum Gasteiger partial charge on any atom is -0.377 e. The molecule has 152 valence electrons. The first-order valence-corrected chi connectivity index (χ1v) is 9.90. The lowest BCUT2D eigenvalue weighted by Gasteiger charge is -2.66. The van der Waals surface area contributed by atoms with Crippen LogP contribution in [0.15, 0.2) is 0 Å². The van der Waals surface area contributed by atoms with E-state index in [4.69, 9.17) is 10.5 Å². The van der Waals surface area contributed by atoms with Gasteiger partial charge in [0.2, 0.25) is 5.91 Å². The molecule has 4 aliphatic rings. The third-order valence-electron chi connectivity index (χ3n) is 7.45. The Labute approximate surface area is 170 Å². The van der Waals surface area contributed by atoms with Gasteiger partial charge < -0.3 is 20.3 Å². The molecule has 4 rings (SSSR count). The van der Waals surface area contributed by atoms with E-state index < -0.39 is 5.54 Å². The lowest BCUT2D eigenvalue weighted by Crippen LogP contribution is -2.82. The maximum Gasteiger partial charge on any atom is 0.243 e. The number of hydrogen-bond donors (Lipinski definition) is 1. The number of carbonyl (C=O) groups is 1. The SMILES string of the molecule is CC1(C)C2OCCCC2C1(N)C(=O)N1CCC(N2CCCC2)CC1.Cl.Cl. The second kappa shape index (κ2) is 8.12. The molecule has 26 heavy (non-hydrogen) atoms. The van der Waals surface area contributed by atoms with Crippen molar-refractivity contribution in [3.8, 4) is 0 Å². The second-order valence-electron chi connectivity index (χ2n) is 8.90. The van der Waals surface area contributed by atoms with E-state index in [0.717, 1.165) is 45.4 Å². The third kappa shape index (κ3) is 3.18. The van der Waals surface area contributed by atoms with Gasteiger partial charge in [-0.1, -0.05) is 13.8 Å². The zero-order valence-corrected chi connectivity index (χ0v) is 17.7. The number of hydrogen-bond acceptors (Lipinski definition) is 4. The van der Waals surface area contributed by atoms with Crippen molar-refractivity contribution in [3.05, 3.63) is 0 Å². The molecule has 0 aromatic rings. The Morgan fingerprint density at radius 1 is 1.00 bits per heavy atom. The van der Waals surface area contributed by atoms with Crippen molar-refractivity contribution in [3.63, 3.8) is 0 Å². The van der Waals surface area contributed by atoms with Crippen molar-refractivity contribution in [2.45, 2.75) is 70.1 Å². The topological polar surface area (TPSA) is 58.8 Å². The number of likely N-dealkylation sites (tertiary alicyclic amines) is 2. The van der Waals surface area contributed by atoms with Crippen molar-refractivity contribution in [1.82, 2.24) is 9.80 Å². The summed E-state index contributed by atoms with van der Waals surface area (Å²) < 4.78 is 5.95. The predicted octanol–water partition coefficient (Wildman–Crippen LogP) is 2.45. The molecular formula is C19H35Cl2N3O2. The van der Waals surface area contributed by atoms with Crippen LogP contribution in [0.3, 0.4) is 0 Å². The van der Waals surface area contributed by atoms with E-state index in [1.54, 1.807) is 0 Å². The van der Waals surface area contributed by atoms with Crippen LogP contribution in [0.5, 0.6) is 0 Å². The first kappa shape index (κ1) is 22.2. The summed E-state index contributed by atoms with van der Waals surface area (Å²) in [5, 5.41) is 0. The molecule has 0 aromatic heterocycles. The van der Waals surface area contributed by atoms with E-state index in [9.17, 15) is 4.79 Å². The number of nitrogens with zero attached hydrogens (tertiary/aromatic N) is 2. The Balaban J connectivity index is 0.00000121. The first-order chi connectivity index (χ1) is 11.5. The first-order valence-electron chi connectivity index (χ1n) is 9.90. The van der Waals surface area contributed by atoms with Gasteiger partial charge in [-0.25, -0.2) is 0 Å². The number of ether oxygens (including phenoxy) is 1. The molecule has 0 radical (unpaired) electrons. The smallest absolute Gasteiger partial charge is 0.243 e. The van der Waals surface area contributed by atoms with E-state index in [1.165, 1.54) is 25.9 Å². The van der Waals surface area contributed by atoms with Crippen LogP contribution in [0.1, 0.15) is 52.4 Å². The summed E-state index contributed by atoms with van der Waals surface area (Å²) >= 11 is 0. The minimum atomic E-state index is -0.738. The molecule has 5 nitrogen and oxygen atoms in total. The molecule has 0 spiro atoms. The van der Waals surface area contributed by atoms with Gasteiger partial charge in [0.1, 0.15) is 5.54 Å². The summed E-state index contributed by atoms with van der Waals surface area (Å²) in [5.74, 6) is 0.379. The molecule has 0 bridgehead atoms. The number of fused-ring (bicyclic) bond motifs is 1. The molecule has 3 unspecified atom stereocenters. The van der Waals surface area contributed by atoms with Crippen molar-refractivity contribution in [2.24, 2.45) is 17.1 Å². The van der Waals surface area contributed by atoms with Crippen LogP contribution in [0, 0.1) is 11.3 Å². The molecule has 3 atom stereocenters. The van der Waals surface area contributed by atoms with Crippen molar-refractivity contribution >= 4 is 30.7 Å². The molecule has 1 saturated carbocycles. The fourth-order valence-corrected chi connectivity index (χ4v) is 5.81. The lowest BCUT2D eigenvalue weighted by molar-refractivity contribution is -0.230. The number of nitrogens with two attached hydrogens (primary N) is 1. The van der Waals surface area contributed by atoms with Crippen LogP contribution >= 0.6 is 24.8 Å². The zero-order valence-electron chi connectivity index (χ0n) is 16.1. The summed E-state index contributed by atoms with van der Waals surface area (Å²) in [5.41, 5.74) is 5.78. The average molecular weight is 408 g/mol. The average Bonchev–Trinajstić information content (AvgIpc) is 3.15. The molecule has 3 aliphatic heterocycles. The van der Waals surface area contributed by atoms with Crippen LogP contribution < -0.4 is 5.73 Å². The van der Waals surface area contributed by atoms with E-state index >= 15 is 0 Å². The predicted molar refractivity (Wildman–Crippen MR) is 108 cm³/mol. The van der Waals surface area contributed by atoms with Gasteiger partial charge in [0.05, 0.1) is 6.10 Å². The summed E-state index contributed by atoms with van der Waals surface area (Å²) in [6.45, 7) is 9.28. The largest absolute Gasteiger partial charge is 0.377 e. The minimum absolute atomic E-state index is 0. The van der Waals surface area contributed by atoms with E-state index in [1.807, 2.05) is 0 Å². The van der Waals surface area contributed by atoms with Crippen molar-refractivity contribution < 1.29 is 9.53 Å². The van der Waals surface area contributed by atoms with Gasteiger partial charge in [0.15, 0.2) is 0 Å². The van der Waals surface area contributed by atoms with Crippen LogP contribution in [-0.2, 0) is 9.53 Å². The van der Waals surface area contributed by atoms with E-state index in [0.29, 0.717) is 6.04 Å². The highest BCUT2D eigenvalue weighted by molar-refractivity contribution is 5.89. The Bertz CT molecular complexity index is 505. The fourth-order valence-electron chi connectivity index (χ4n) is 5.81. The number of carbonyl (C=O) groups excluding carboxylic acids is 1. The highest BCUT2D eigenvalue weighted by atomic mass is 35.5. The van der Waals surface area contributed by atoms with Crippen LogP contribution in [0.4, 0.5) is 0 Å². The molecule has 1 amide bonds. The molecule has 0 aromatic carbocycles. The van der Waals surface area contributed by atoms with Gasteiger partial charge in [-0.3, -0.25) is 4.79 Å². The van der Waals surface area contributed by atoms with Gasteiger partial charge >= 0.3 is 0 Å². The summed E-state index contributed by atoms with van der Waals surface area (Å²) in [6, 6.07) is 0.672. The van der Waals surface area contributed by atoms with Crippen LogP contribution in [-0.4, -0.2) is 66.2 Å². The normalized spacial score (nSPS) is 37.1. The molecular weight excluding hydrogens is 373 g/mol. The molecule has 7 heteroatoms. The monoisotopic (exact) mass is 407 g/mol. The summed E-state index contributed by atoms with van der Waals surface area (Å²) in [7, 11) is 0. The Morgan fingerprint density at radius 3 is 2.23 bits per heavy atom. The third-order valence-corrected chi connectivity index (χ3v) is 7.45. The van der Waals surface area contributed by atoms with Gasteiger partial charge in [-0.05, 0) is 51.6 Å². The van der Waals surface area contributed by atoms with Gasteiger partial charge in [0.25, 0.3) is 0 Å². The van der Waals surface area contributed by atoms with Gasteiger partial charge in [-0.15, -0.1) is 24.8 Å². The number of piperidine rings is 1. The summed E-state index contributed by atoms with van der Waals surface area (Å²) in [6.07, 6.45) is 7.09. The van der Waals surface area contributed by atoms with Crippen LogP contribution in [0.2, 0.25) is 0 Å². The van der Waals surface area contributed by atoms with E-state index in [2.05, 4.69) is 23.6 Å². The number of halogens is 2. The molecule has 3 saturated heterocycles. The quantitative estimate of drug-likeness (QED) is 0.763. The Morgan fingerprint density at radius 2 is 1.62 bits per heavy atom. The standard InChI is InChI=1S/C19H33N3O2.2ClH/c1-18(2)16-15(6-5-13-24-16)19(18,20)17(23)22-11-7-14(8-12-22)21-9-3-4-10-21;;/h14-16H,3-13,20H2,1-2H3;2*1H. The molecule has 4 fully saturated rings. The van der Waals surface area contributed by atoms with Crippen molar-refractivity contribution in [1.29, 1.82) is 0 Å². The van der Waals surface area contributed by atoms with Crippen molar-refractivity contribution in [2.75, 3.05) is 32.8 Å². The maximum atomic E-state index is 13.3. The molecule has 1 aliphatic carbocycles. The maximum absolute atomic E-state index is 13.3. The zero-order chi connectivity index (χ0) is 16.9. The van der Waals surface area contributed by atoms with Gasteiger partial charge in [-0.2, -0.15) is 0 Å². The highest BCUT2D eigenvalue weighted by Crippen LogP contribution is 2.58. The highest BCUT2D eigenvalue weighted by Gasteiger charge is 2.70. The Hall–Kier alpha value is -0.0700. The number of amides is 1. The van der Waals surface area contributed by atoms with Crippen LogP contribution in [0.25, 0.3) is 0 Å². The van der Waals surface area contributed by atoms with Gasteiger partial charge in [0, 0.05) is 37.1 Å². The number of rotatable bonds is 2. The molecule has 2 N–H and O–H groups in total. The summed E-state index contributed by atoms with van der Waals surface area (Å²) in [4.78, 5) is 18.0. The lowest BCUT2D eigenvalue weighted by atomic mass is 9.46. The van der Waals surface area contributed by atoms with E-state index in [-0.39, 0.29) is 48.2 Å². The molecule has 3 heterocycles.